The third-order valence-electron chi connectivity index (χ3n) is 1.60. The Balaban J connectivity index is -0.000000500. The van der Waals surface area contributed by atoms with Crippen LogP contribution in [0.25, 0.3) is 0 Å². The molecule has 0 aliphatic heterocycles. The zero-order valence-electron chi connectivity index (χ0n) is 9.21. The first kappa shape index (κ1) is 14.9. The van der Waals surface area contributed by atoms with Crippen molar-refractivity contribution >= 4 is 5.97 Å². The summed E-state index contributed by atoms with van der Waals surface area (Å²) in [6.07, 6.45) is 1.11. The quantitative estimate of drug-likeness (QED) is 0.494. The summed E-state index contributed by atoms with van der Waals surface area (Å²) in [5.41, 5.74) is 5.41. The van der Waals surface area contributed by atoms with Crippen LogP contribution in [0.15, 0.2) is 0 Å². The van der Waals surface area contributed by atoms with Gasteiger partial charge >= 0.3 is 35.5 Å². The van der Waals surface area contributed by atoms with E-state index >= 15 is 0 Å². The first-order valence-electron chi connectivity index (χ1n) is 3.98. The summed E-state index contributed by atoms with van der Waals surface area (Å²) in [5, 5.41) is 8.47. The summed E-state index contributed by atoms with van der Waals surface area (Å²) in [6.45, 7) is 4.62. The SMILES string of the molecule is CC(C)C[C@H](CN)CC(=O)O.[H-].[Na+]. The largest absolute Gasteiger partial charge is 1.00 e. The molecule has 0 saturated carbocycles. The van der Waals surface area contributed by atoms with Crippen LogP contribution in [0, 0.1) is 11.8 Å². The number of carboxylic acids is 1. The molecule has 0 aromatic carbocycles. The van der Waals surface area contributed by atoms with Crippen LogP contribution >= 0.6 is 0 Å². The molecule has 0 heterocycles. The Morgan fingerprint density at radius 2 is 2.08 bits per heavy atom. The van der Waals surface area contributed by atoms with Crippen LogP contribution in [0.4, 0.5) is 0 Å². The number of nitrogens with two attached hydrogens (primary N) is 1. The predicted octanol–water partition coefficient (Wildman–Crippen LogP) is -1.80. The Labute approximate surface area is 97.5 Å². The van der Waals surface area contributed by atoms with Crippen LogP contribution in [-0.4, -0.2) is 17.6 Å². The first-order chi connectivity index (χ1) is 5.06. The summed E-state index contributed by atoms with van der Waals surface area (Å²) in [7, 11) is 0. The Morgan fingerprint density at radius 1 is 1.58 bits per heavy atom. The minimum absolute atomic E-state index is 0. The first-order valence-corrected chi connectivity index (χ1v) is 3.98. The van der Waals surface area contributed by atoms with Gasteiger partial charge in [0.25, 0.3) is 0 Å². The van der Waals surface area contributed by atoms with Gasteiger partial charge in [-0.25, -0.2) is 0 Å². The monoisotopic (exact) mass is 183 g/mol. The van der Waals surface area contributed by atoms with E-state index in [-0.39, 0.29) is 43.3 Å². The fraction of sp³-hybridized carbons (Fsp3) is 0.875. The Bertz CT molecular complexity index is 133. The summed E-state index contributed by atoms with van der Waals surface area (Å²) >= 11 is 0. The second-order valence-electron chi connectivity index (χ2n) is 3.33. The fourth-order valence-corrected chi connectivity index (χ4v) is 1.18. The number of aliphatic carboxylic acids is 1. The number of carboxylic acid groups (broad SMARTS) is 1. The van der Waals surface area contributed by atoms with Crippen LogP contribution in [0.3, 0.4) is 0 Å². The maximum absolute atomic E-state index is 10.3. The van der Waals surface area contributed by atoms with E-state index in [0.717, 1.165) is 6.42 Å². The van der Waals surface area contributed by atoms with Crippen molar-refractivity contribution < 1.29 is 40.9 Å². The van der Waals surface area contributed by atoms with Crippen LogP contribution in [0.5, 0.6) is 0 Å². The molecule has 0 aliphatic rings. The van der Waals surface area contributed by atoms with E-state index in [2.05, 4.69) is 13.8 Å². The van der Waals surface area contributed by atoms with Gasteiger partial charge in [0.05, 0.1) is 0 Å². The van der Waals surface area contributed by atoms with Gasteiger partial charge < -0.3 is 12.3 Å². The van der Waals surface area contributed by atoms with E-state index in [9.17, 15) is 4.79 Å². The molecule has 0 radical (unpaired) electrons. The molecule has 0 aliphatic carbocycles. The van der Waals surface area contributed by atoms with Crippen molar-refractivity contribution in [3.8, 4) is 0 Å². The van der Waals surface area contributed by atoms with Crippen molar-refractivity contribution in [2.24, 2.45) is 17.6 Å². The smallest absolute Gasteiger partial charge is 1.00 e. The molecule has 0 bridgehead atoms. The molecule has 3 N–H and O–H groups in total. The molecular weight excluding hydrogens is 165 g/mol. The Kier molecular flexibility index (Phi) is 10.0. The van der Waals surface area contributed by atoms with Crippen molar-refractivity contribution in [1.29, 1.82) is 0 Å². The summed E-state index contributed by atoms with van der Waals surface area (Å²) < 4.78 is 0. The van der Waals surface area contributed by atoms with E-state index < -0.39 is 5.97 Å². The van der Waals surface area contributed by atoms with Gasteiger partial charge in [0.2, 0.25) is 0 Å². The summed E-state index contributed by atoms with van der Waals surface area (Å²) in [4.78, 5) is 10.3. The topological polar surface area (TPSA) is 63.3 Å². The standard InChI is InChI=1S/C8H17NO2.Na.H/c1-6(2)3-7(5-9)4-8(10)11;;/h6-7H,3-5,9H2,1-2H3,(H,10,11);;/q;+1;-1/t7-;;/m0../s1. The Morgan fingerprint density at radius 3 is 2.33 bits per heavy atom. The normalized spacial score (nSPS) is 12.3. The second-order valence-corrected chi connectivity index (χ2v) is 3.33. The van der Waals surface area contributed by atoms with Gasteiger partial charge in [-0.2, -0.15) is 0 Å². The van der Waals surface area contributed by atoms with Crippen LogP contribution in [-0.2, 0) is 4.79 Å². The van der Waals surface area contributed by atoms with Gasteiger partial charge in [-0.15, -0.1) is 0 Å². The van der Waals surface area contributed by atoms with E-state index in [1.165, 1.54) is 0 Å². The molecule has 3 nitrogen and oxygen atoms in total. The molecule has 0 aromatic rings. The molecule has 1 atom stereocenters. The van der Waals surface area contributed by atoms with E-state index in [1.54, 1.807) is 0 Å². The minimum atomic E-state index is -0.749. The predicted molar refractivity (Wildman–Crippen MR) is 45.4 cm³/mol. The molecule has 68 valence electrons. The van der Waals surface area contributed by atoms with Gasteiger partial charge in [0.15, 0.2) is 0 Å². The third kappa shape index (κ3) is 8.53. The number of rotatable bonds is 5. The van der Waals surface area contributed by atoms with Crippen molar-refractivity contribution in [3.63, 3.8) is 0 Å². The zero-order chi connectivity index (χ0) is 8.85. The van der Waals surface area contributed by atoms with Crippen molar-refractivity contribution in [1.82, 2.24) is 0 Å². The molecule has 0 aromatic heterocycles. The van der Waals surface area contributed by atoms with Gasteiger partial charge in [0, 0.05) is 6.42 Å². The second kappa shape index (κ2) is 8.05. The molecule has 0 saturated heterocycles. The molecule has 0 amide bonds. The van der Waals surface area contributed by atoms with Crippen LogP contribution < -0.4 is 35.3 Å². The summed E-state index contributed by atoms with van der Waals surface area (Å²) in [6, 6.07) is 0. The van der Waals surface area contributed by atoms with Crippen LogP contribution in [0.1, 0.15) is 28.1 Å². The molecule has 0 spiro atoms. The Hall–Kier alpha value is 0.430. The number of hydrogen-bond donors (Lipinski definition) is 2. The summed E-state index contributed by atoms with van der Waals surface area (Å²) in [5.74, 6) is -0.0727. The fourth-order valence-electron chi connectivity index (χ4n) is 1.18. The average Bonchev–Trinajstić information content (AvgIpc) is 1.84. The van der Waals surface area contributed by atoms with Gasteiger partial charge in [-0.3, -0.25) is 4.79 Å². The minimum Gasteiger partial charge on any atom is -1.00 e. The van der Waals surface area contributed by atoms with Gasteiger partial charge in [-0.1, -0.05) is 13.8 Å². The molecule has 0 unspecified atom stereocenters. The number of hydrogen-bond acceptors (Lipinski definition) is 2. The maximum Gasteiger partial charge on any atom is 1.00 e. The van der Waals surface area contributed by atoms with E-state index in [1.807, 2.05) is 0 Å². The van der Waals surface area contributed by atoms with Gasteiger partial charge in [-0.05, 0) is 24.8 Å². The zero-order valence-corrected chi connectivity index (χ0v) is 10.2. The number of carbonyl (C=O) groups is 1. The molecule has 0 rings (SSSR count). The van der Waals surface area contributed by atoms with E-state index in [4.69, 9.17) is 10.8 Å². The molecule has 4 heteroatoms. The van der Waals surface area contributed by atoms with Crippen molar-refractivity contribution in [2.45, 2.75) is 26.7 Å². The van der Waals surface area contributed by atoms with Gasteiger partial charge in [0.1, 0.15) is 0 Å². The van der Waals surface area contributed by atoms with Crippen molar-refractivity contribution in [2.75, 3.05) is 6.54 Å². The molecule has 12 heavy (non-hydrogen) atoms. The average molecular weight is 183 g/mol. The maximum atomic E-state index is 10.3. The van der Waals surface area contributed by atoms with Crippen molar-refractivity contribution in [3.05, 3.63) is 0 Å². The van der Waals surface area contributed by atoms with Crippen LogP contribution in [0.2, 0.25) is 0 Å². The third-order valence-corrected chi connectivity index (χ3v) is 1.60. The molecular formula is C8H18NNaO2. The van der Waals surface area contributed by atoms with E-state index in [0.29, 0.717) is 12.5 Å². The molecule has 0 fully saturated rings.